The van der Waals surface area contributed by atoms with Crippen LogP contribution in [-0.2, 0) is 0 Å². The molecule has 3 rings (SSSR count). The van der Waals surface area contributed by atoms with Crippen LogP contribution in [0, 0.1) is 6.92 Å². The van der Waals surface area contributed by atoms with Crippen LogP contribution in [0.1, 0.15) is 5.69 Å². The largest absolute Gasteiger partial charge is 0.497 e. The fourth-order valence-corrected chi connectivity index (χ4v) is 2.53. The van der Waals surface area contributed by atoms with Crippen LogP contribution in [0.4, 0.5) is 16.3 Å². The maximum Gasteiger partial charge on any atom is 0.319 e. The maximum atomic E-state index is 12.1. The summed E-state index contributed by atoms with van der Waals surface area (Å²) in [6, 6.07) is 10.3. The number of methoxy groups -OCH3 is 2. The number of benzene rings is 1. The molecule has 2 aromatic heterocycles. The predicted molar refractivity (Wildman–Crippen MR) is 109 cm³/mol. The molecule has 0 bridgehead atoms. The molecular weight excluding hydrogens is 374 g/mol. The number of carbonyl (C=O) groups excluding carboxylic acids is 1. The second kappa shape index (κ2) is 9.40. The number of anilines is 2. The number of urea groups is 1. The minimum Gasteiger partial charge on any atom is -0.497 e. The highest BCUT2D eigenvalue weighted by Crippen LogP contribution is 2.28. The van der Waals surface area contributed by atoms with Gasteiger partial charge in [0.05, 0.1) is 25.6 Å². The van der Waals surface area contributed by atoms with E-state index in [1.807, 2.05) is 25.3 Å². The lowest BCUT2D eigenvalue weighted by atomic mass is 10.2. The molecular formula is C19H23N7O3. The van der Waals surface area contributed by atoms with E-state index in [1.54, 1.807) is 36.1 Å². The molecule has 2 heterocycles. The summed E-state index contributed by atoms with van der Waals surface area (Å²) < 4.78 is 12.1. The van der Waals surface area contributed by atoms with Crippen molar-refractivity contribution in [1.29, 1.82) is 0 Å². The zero-order valence-electron chi connectivity index (χ0n) is 16.5. The second-order valence-corrected chi connectivity index (χ2v) is 6.05. The lowest BCUT2D eigenvalue weighted by Gasteiger charge is -2.12. The van der Waals surface area contributed by atoms with Crippen molar-refractivity contribution in [1.82, 2.24) is 25.3 Å². The predicted octanol–water partition coefficient (Wildman–Crippen LogP) is 2.22. The van der Waals surface area contributed by atoms with E-state index in [2.05, 4.69) is 31.2 Å². The van der Waals surface area contributed by atoms with Gasteiger partial charge in [-0.25, -0.2) is 9.48 Å². The molecule has 0 saturated carbocycles. The van der Waals surface area contributed by atoms with E-state index >= 15 is 0 Å². The number of nitrogens with zero attached hydrogens (tertiary/aromatic N) is 4. The van der Waals surface area contributed by atoms with Crippen LogP contribution >= 0.6 is 0 Å². The highest BCUT2D eigenvalue weighted by atomic mass is 16.5. The smallest absolute Gasteiger partial charge is 0.319 e. The Balaban J connectivity index is 1.45. The van der Waals surface area contributed by atoms with Crippen molar-refractivity contribution in [2.45, 2.75) is 6.92 Å². The topological polar surface area (TPSA) is 115 Å². The standard InChI is InChI=1S/C19H23N7O3/c1-13-8-11-26(25-13)18-7-6-17(23-24-18)20-9-10-21-19(27)22-15-12-14(28-2)4-5-16(15)29-3/h4-8,11-12H,9-10H2,1-3H3,(H,20,23)(H2,21,22,27). The summed E-state index contributed by atoms with van der Waals surface area (Å²) in [4.78, 5) is 12.1. The second-order valence-electron chi connectivity index (χ2n) is 6.05. The monoisotopic (exact) mass is 397 g/mol. The van der Waals surface area contributed by atoms with Gasteiger partial charge in [-0.3, -0.25) is 0 Å². The number of rotatable bonds is 8. The zero-order chi connectivity index (χ0) is 20.6. The quantitative estimate of drug-likeness (QED) is 0.499. The van der Waals surface area contributed by atoms with Crippen molar-refractivity contribution in [3.05, 3.63) is 48.3 Å². The van der Waals surface area contributed by atoms with Gasteiger partial charge in [0.15, 0.2) is 5.82 Å². The molecule has 0 atom stereocenters. The summed E-state index contributed by atoms with van der Waals surface area (Å²) in [5.74, 6) is 2.40. The van der Waals surface area contributed by atoms with Gasteiger partial charge >= 0.3 is 6.03 Å². The van der Waals surface area contributed by atoms with E-state index in [4.69, 9.17) is 9.47 Å². The molecule has 10 nitrogen and oxygen atoms in total. The van der Waals surface area contributed by atoms with Crippen LogP contribution in [0.2, 0.25) is 0 Å². The maximum absolute atomic E-state index is 12.1. The molecule has 2 amide bonds. The molecule has 29 heavy (non-hydrogen) atoms. The molecule has 0 spiro atoms. The Labute approximate surface area is 168 Å². The average molecular weight is 397 g/mol. The van der Waals surface area contributed by atoms with E-state index in [0.29, 0.717) is 41.9 Å². The lowest BCUT2D eigenvalue weighted by molar-refractivity contribution is 0.252. The van der Waals surface area contributed by atoms with Gasteiger partial charge in [-0.15, -0.1) is 10.2 Å². The number of aromatic nitrogens is 4. The van der Waals surface area contributed by atoms with E-state index in [0.717, 1.165) is 5.69 Å². The van der Waals surface area contributed by atoms with E-state index in [9.17, 15) is 4.79 Å². The van der Waals surface area contributed by atoms with Crippen molar-refractivity contribution in [3.63, 3.8) is 0 Å². The van der Waals surface area contributed by atoms with Gasteiger partial charge in [0.25, 0.3) is 0 Å². The summed E-state index contributed by atoms with van der Waals surface area (Å²) in [5.41, 5.74) is 1.43. The van der Waals surface area contributed by atoms with Crippen LogP contribution in [-0.4, -0.2) is 53.3 Å². The highest BCUT2D eigenvalue weighted by Gasteiger charge is 2.08. The third-order valence-electron chi connectivity index (χ3n) is 3.98. The van der Waals surface area contributed by atoms with Gasteiger partial charge < -0.3 is 25.4 Å². The van der Waals surface area contributed by atoms with Crippen molar-refractivity contribution in [2.75, 3.05) is 37.9 Å². The SMILES string of the molecule is COc1ccc(OC)c(NC(=O)NCCNc2ccc(-n3ccc(C)n3)nn2)c1. The minimum absolute atomic E-state index is 0.353. The molecule has 0 saturated heterocycles. The van der Waals surface area contributed by atoms with Gasteiger partial charge in [0.2, 0.25) is 0 Å². The number of nitrogens with one attached hydrogen (secondary N) is 3. The first kappa shape index (κ1) is 19.9. The van der Waals surface area contributed by atoms with E-state index in [1.165, 1.54) is 7.11 Å². The third kappa shape index (κ3) is 5.34. The average Bonchev–Trinajstić information content (AvgIpc) is 3.18. The summed E-state index contributed by atoms with van der Waals surface area (Å²) in [5, 5.41) is 21.1. The Morgan fingerprint density at radius 1 is 1.07 bits per heavy atom. The number of amides is 2. The molecule has 1 aromatic carbocycles. The van der Waals surface area contributed by atoms with Gasteiger partial charge in [-0.05, 0) is 37.3 Å². The summed E-state index contributed by atoms with van der Waals surface area (Å²) in [7, 11) is 3.09. The molecule has 0 aliphatic rings. The van der Waals surface area contributed by atoms with Crippen LogP contribution in [0.25, 0.3) is 5.82 Å². The van der Waals surface area contributed by atoms with Gasteiger partial charge in [0.1, 0.15) is 17.3 Å². The van der Waals surface area contributed by atoms with Crippen LogP contribution in [0.15, 0.2) is 42.6 Å². The number of aryl methyl sites for hydroxylation is 1. The Morgan fingerprint density at radius 3 is 2.59 bits per heavy atom. The summed E-state index contributed by atoms with van der Waals surface area (Å²) >= 11 is 0. The Kier molecular flexibility index (Phi) is 6.46. The highest BCUT2D eigenvalue weighted by molar-refractivity contribution is 5.91. The summed E-state index contributed by atoms with van der Waals surface area (Å²) in [6.45, 7) is 2.78. The van der Waals surface area contributed by atoms with E-state index in [-0.39, 0.29) is 6.03 Å². The van der Waals surface area contributed by atoms with Gasteiger partial charge in [-0.2, -0.15) is 5.10 Å². The first-order valence-electron chi connectivity index (χ1n) is 8.96. The Morgan fingerprint density at radius 2 is 1.93 bits per heavy atom. The summed E-state index contributed by atoms with van der Waals surface area (Å²) in [6.07, 6.45) is 1.83. The molecule has 0 radical (unpaired) electrons. The van der Waals surface area contributed by atoms with E-state index < -0.39 is 0 Å². The van der Waals surface area contributed by atoms with Crippen molar-refractivity contribution in [3.8, 4) is 17.3 Å². The molecule has 3 aromatic rings. The molecule has 0 fully saturated rings. The van der Waals surface area contributed by atoms with Crippen molar-refractivity contribution >= 4 is 17.5 Å². The number of hydrogen-bond donors (Lipinski definition) is 3. The molecule has 3 N–H and O–H groups in total. The van der Waals surface area contributed by atoms with Crippen LogP contribution in [0.3, 0.4) is 0 Å². The van der Waals surface area contributed by atoms with Crippen LogP contribution < -0.4 is 25.4 Å². The molecule has 0 aliphatic heterocycles. The Bertz CT molecular complexity index is 957. The number of carbonyl (C=O) groups is 1. The Hall–Kier alpha value is -3.82. The minimum atomic E-state index is -0.353. The number of ether oxygens (including phenoxy) is 2. The third-order valence-corrected chi connectivity index (χ3v) is 3.98. The fourth-order valence-electron chi connectivity index (χ4n) is 2.53. The van der Waals surface area contributed by atoms with Gasteiger partial charge in [-0.1, -0.05) is 0 Å². The normalized spacial score (nSPS) is 10.3. The zero-order valence-corrected chi connectivity index (χ0v) is 16.5. The first-order valence-corrected chi connectivity index (χ1v) is 8.96. The fraction of sp³-hybridized carbons (Fsp3) is 0.263. The van der Waals surface area contributed by atoms with Crippen LogP contribution in [0.5, 0.6) is 11.5 Å². The molecule has 152 valence electrons. The molecule has 0 aliphatic carbocycles. The first-order chi connectivity index (χ1) is 14.1. The number of hydrogen-bond acceptors (Lipinski definition) is 7. The van der Waals surface area contributed by atoms with Gasteiger partial charge in [0, 0.05) is 25.4 Å². The molecule has 0 unspecified atom stereocenters. The lowest BCUT2D eigenvalue weighted by Crippen LogP contribution is -2.32. The molecule has 10 heteroatoms. The van der Waals surface area contributed by atoms with Crippen molar-refractivity contribution in [2.24, 2.45) is 0 Å². The van der Waals surface area contributed by atoms with Crippen molar-refractivity contribution < 1.29 is 14.3 Å².